The normalized spacial score (nSPS) is 25.1. The number of phenols is 1. The Hall–Kier alpha value is -4.80. The van der Waals surface area contributed by atoms with Crippen LogP contribution in [-0.2, 0) is 16.0 Å². The van der Waals surface area contributed by atoms with Crippen LogP contribution in [0.25, 0.3) is 21.9 Å². The number of allylic oxidation sites excluding steroid dienone is 1. The summed E-state index contributed by atoms with van der Waals surface area (Å²) in [5.74, 6) is -7.08. The van der Waals surface area contributed by atoms with Gasteiger partial charge in [-0.1, -0.05) is 42.5 Å². The highest BCUT2D eigenvalue weighted by atomic mass is 16.3. The lowest BCUT2D eigenvalue weighted by molar-refractivity contribution is -0.148. The van der Waals surface area contributed by atoms with Crippen LogP contribution >= 0.6 is 0 Å². The maximum absolute atomic E-state index is 14.1. The Labute approximate surface area is 246 Å². The van der Waals surface area contributed by atoms with Gasteiger partial charge < -0.3 is 26.2 Å². The number of nitrogens with zero attached hydrogens (tertiary/aromatic N) is 1. The summed E-state index contributed by atoms with van der Waals surface area (Å²) in [4.78, 5) is 53.6. The molecule has 4 atom stereocenters. The van der Waals surface area contributed by atoms with Gasteiger partial charge in [0.25, 0.3) is 5.91 Å². The molecule has 3 aliphatic rings. The van der Waals surface area contributed by atoms with Crippen molar-refractivity contribution < 1.29 is 39.6 Å². The van der Waals surface area contributed by atoms with Crippen molar-refractivity contribution in [3.63, 3.8) is 0 Å². The lowest BCUT2D eigenvalue weighted by Gasteiger charge is -2.50. The van der Waals surface area contributed by atoms with E-state index in [9.17, 15) is 39.6 Å². The molecule has 0 fully saturated rings. The second-order valence-electron chi connectivity index (χ2n) is 11.7. The zero-order chi connectivity index (χ0) is 31.1. The minimum Gasteiger partial charge on any atom is -0.510 e. The summed E-state index contributed by atoms with van der Waals surface area (Å²) in [7, 11) is 3.17. The molecule has 0 aromatic heterocycles. The van der Waals surface area contributed by atoms with Crippen LogP contribution in [-0.4, -0.2) is 74.3 Å². The molecule has 0 spiro atoms. The molecule has 0 heterocycles. The van der Waals surface area contributed by atoms with Crippen molar-refractivity contribution in [2.24, 2.45) is 17.6 Å². The fourth-order valence-electron chi connectivity index (χ4n) is 7.34. The van der Waals surface area contributed by atoms with Gasteiger partial charge in [-0.05, 0) is 73.3 Å². The van der Waals surface area contributed by atoms with Crippen LogP contribution in [0.1, 0.15) is 39.6 Å². The molecule has 0 radical (unpaired) electrons. The summed E-state index contributed by atoms with van der Waals surface area (Å²) in [6, 6.07) is 12.9. The molecule has 0 aliphatic heterocycles. The summed E-state index contributed by atoms with van der Waals surface area (Å²) in [6.07, 6.45) is 0.145. The summed E-state index contributed by atoms with van der Waals surface area (Å²) in [5, 5.41) is 46.7. The molecule has 3 aromatic rings. The average Bonchev–Trinajstić information content (AvgIpc) is 2.94. The Morgan fingerprint density at radius 2 is 1.60 bits per heavy atom. The Morgan fingerprint density at radius 1 is 0.953 bits per heavy atom. The van der Waals surface area contributed by atoms with E-state index >= 15 is 0 Å². The molecule has 1 amide bonds. The second-order valence-corrected chi connectivity index (χ2v) is 11.7. The zero-order valence-electron chi connectivity index (χ0n) is 23.7. The minimum atomic E-state index is -2.70. The molecule has 6 rings (SSSR count). The first-order chi connectivity index (χ1) is 20.3. The van der Waals surface area contributed by atoms with E-state index in [-0.39, 0.29) is 35.5 Å². The van der Waals surface area contributed by atoms with Gasteiger partial charge >= 0.3 is 0 Å². The maximum atomic E-state index is 14.1. The van der Waals surface area contributed by atoms with Crippen molar-refractivity contribution in [2.45, 2.75) is 31.4 Å². The topological polar surface area (TPSA) is 178 Å². The van der Waals surface area contributed by atoms with Crippen LogP contribution in [0.5, 0.6) is 5.75 Å². The number of benzene rings is 3. The maximum Gasteiger partial charge on any atom is 0.255 e. The third-order valence-corrected chi connectivity index (χ3v) is 9.20. The van der Waals surface area contributed by atoms with Crippen molar-refractivity contribution >= 4 is 34.0 Å². The molecule has 3 aliphatic carbocycles. The van der Waals surface area contributed by atoms with E-state index in [1.165, 1.54) is 17.9 Å². The number of hydrogen-bond acceptors (Lipinski definition) is 9. The number of carbonyl (C=O) groups is 4. The number of ketones is 3. The molecular weight excluding hydrogens is 552 g/mol. The number of aromatic hydroxyl groups is 1. The van der Waals surface area contributed by atoms with Crippen LogP contribution in [0, 0.1) is 11.8 Å². The van der Waals surface area contributed by atoms with E-state index in [1.807, 2.05) is 24.3 Å². The predicted octanol–water partition coefficient (Wildman–Crippen LogP) is 3.14. The second kappa shape index (κ2) is 9.62. The third kappa shape index (κ3) is 3.80. The van der Waals surface area contributed by atoms with Gasteiger partial charge in [-0.25, -0.2) is 0 Å². The summed E-state index contributed by atoms with van der Waals surface area (Å²) in [6.45, 7) is 1.49. The molecule has 0 saturated heterocycles. The van der Waals surface area contributed by atoms with Crippen LogP contribution in [0.4, 0.5) is 0 Å². The van der Waals surface area contributed by atoms with Gasteiger partial charge in [0.2, 0.25) is 5.78 Å². The van der Waals surface area contributed by atoms with Crippen molar-refractivity contribution in [1.82, 2.24) is 4.90 Å². The lowest BCUT2D eigenvalue weighted by Crippen LogP contribution is -2.63. The molecule has 10 heteroatoms. The molecular formula is C33H30N2O8. The van der Waals surface area contributed by atoms with E-state index in [0.717, 1.165) is 16.3 Å². The quantitative estimate of drug-likeness (QED) is 0.228. The Morgan fingerprint density at radius 3 is 2.23 bits per heavy atom. The first-order valence-corrected chi connectivity index (χ1v) is 13.8. The molecule has 220 valence electrons. The van der Waals surface area contributed by atoms with Gasteiger partial charge in [-0.2, -0.15) is 0 Å². The average molecular weight is 583 g/mol. The van der Waals surface area contributed by atoms with E-state index in [0.29, 0.717) is 16.7 Å². The summed E-state index contributed by atoms with van der Waals surface area (Å²) in [5.41, 5.74) is 4.00. The smallest absolute Gasteiger partial charge is 0.255 e. The van der Waals surface area contributed by atoms with Crippen molar-refractivity contribution in [3.8, 4) is 16.9 Å². The SMILES string of the molecule is CC(=O)c1ccc(-c2ccc(O)c3c2CC2CC4C(N(C)C)C(O)=C(C(N)=O)C(=O)C4(O)C(O)=C2C3=O)c2ccccc12. The number of hydrogen-bond donors (Lipinski definition) is 5. The zero-order valence-corrected chi connectivity index (χ0v) is 23.7. The van der Waals surface area contributed by atoms with Gasteiger partial charge in [0, 0.05) is 17.1 Å². The van der Waals surface area contributed by atoms with Crippen LogP contribution in [0.15, 0.2) is 71.2 Å². The first kappa shape index (κ1) is 28.3. The number of primary amides is 1. The standard InChI is InChI=1S/C33H30N2O8/c1-14(36)16-8-9-19(18-7-5-4-6-17(16)18)20-10-11-23(37)25-21(20)12-15-13-22-27(35(2)3)29(39)26(32(34)42)31(41)33(22,43)30(40)24(15)28(25)38/h4-11,15,22,27,37,39-40,43H,12-13H2,1-3H3,(H2,34,42). The Kier molecular flexibility index (Phi) is 6.33. The van der Waals surface area contributed by atoms with Crippen molar-refractivity contribution in [2.75, 3.05) is 14.1 Å². The highest BCUT2D eigenvalue weighted by molar-refractivity contribution is 6.25. The number of amides is 1. The molecule has 3 aromatic carbocycles. The largest absolute Gasteiger partial charge is 0.510 e. The summed E-state index contributed by atoms with van der Waals surface area (Å²) >= 11 is 0. The highest BCUT2D eigenvalue weighted by Gasteiger charge is 2.63. The molecule has 6 N–H and O–H groups in total. The number of aliphatic hydroxyl groups excluding tert-OH is 2. The number of Topliss-reactive ketones (excluding diaryl/α,β-unsaturated/α-hetero) is 3. The number of aliphatic hydroxyl groups is 3. The molecule has 4 unspecified atom stereocenters. The predicted molar refractivity (Wildman–Crippen MR) is 157 cm³/mol. The number of rotatable bonds is 4. The third-order valence-electron chi connectivity index (χ3n) is 9.20. The molecule has 0 bridgehead atoms. The van der Waals surface area contributed by atoms with Gasteiger partial charge in [-0.15, -0.1) is 0 Å². The van der Waals surface area contributed by atoms with Gasteiger partial charge in [0.05, 0.1) is 11.6 Å². The van der Waals surface area contributed by atoms with Crippen molar-refractivity contribution in [1.29, 1.82) is 0 Å². The fourth-order valence-corrected chi connectivity index (χ4v) is 7.34. The number of nitrogens with two attached hydrogens (primary N) is 1. The van der Waals surface area contributed by atoms with Gasteiger partial charge in [0.15, 0.2) is 17.2 Å². The van der Waals surface area contributed by atoms with Crippen molar-refractivity contribution in [3.05, 3.63) is 87.9 Å². The number of phenolic OH excluding ortho intramolecular Hbond substituents is 1. The minimum absolute atomic E-state index is 0.00905. The van der Waals surface area contributed by atoms with E-state index in [2.05, 4.69) is 0 Å². The number of likely N-dealkylation sites (N-methyl/N-ethyl adjacent to an activating group) is 1. The first-order valence-electron chi connectivity index (χ1n) is 13.8. The summed E-state index contributed by atoms with van der Waals surface area (Å²) < 4.78 is 0. The monoisotopic (exact) mass is 582 g/mol. The number of fused-ring (bicyclic) bond motifs is 4. The number of carbonyl (C=O) groups excluding carboxylic acids is 4. The van der Waals surface area contributed by atoms with E-state index < -0.39 is 58.0 Å². The molecule has 43 heavy (non-hydrogen) atoms. The van der Waals surface area contributed by atoms with Crippen LogP contribution < -0.4 is 5.73 Å². The highest BCUT2D eigenvalue weighted by Crippen LogP contribution is 2.53. The van der Waals surface area contributed by atoms with Crippen LogP contribution in [0.3, 0.4) is 0 Å². The fraction of sp³-hybridized carbons (Fsp3) is 0.273. The molecule has 10 nitrogen and oxygen atoms in total. The van der Waals surface area contributed by atoms with Crippen LogP contribution in [0.2, 0.25) is 0 Å². The lowest BCUT2D eigenvalue weighted by atomic mass is 9.58. The molecule has 0 saturated carbocycles. The Bertz CT molecular complexity index is 1870. The Balaban J connectivity index is 1.57. The van der Waals surface area contributed by atoms with Gasteiger partial charge in [-0.3, -0.25) is 24.1 Å². The van der Waals surface area contributed by atoms with E-state index in [1.54, 1.807) is 32.3 Å². The van der Waals surface area contributed by atoms with E-state index in [4.69, 9.17) is 5.73 Å². The van der Waals surface area contributed by atoms with Gasteiger partial charge in [0.1, 0.15) is 22.8 Å².